The van der Waals surface area contributed by atoms with Crippen LogP contribution in [0.25, 0.3) is 0 Å². The van der Waals surface area contributed by atoms with Crippen molar-refractivity contribution < 1.29 is 0 Å². The molecule has 1 aliphatic heterocycles. The fraction of sp³-hybridized carbons (Fsp3) is 0.500. The molecule has 0 unspecified atom stereocenters. The number of anilines is 3. The largest absolute Gasteiger partial charge is 0.354 e. The summed E-state index contributed by atoms with van der Waals surface area (Å²) < 4.78 is 0. The Morgan fingerprint density at radius 2 is 1.68 bits per heavy atom. The second-order valence-electron chi connectivity index (χ2n) is 7.87. The lowest BCUT2D eigenvalue weighted by Crippen LogP contribution is -2.44. The maximum absolute atomic E-state index is 4.65. The van der Waals surface area contributed by atoms with Crippen LogP contribution in [0.3, 0.4) is 0 Å². The molecule has 3 rings (SSSR count). The van der Waals surface area contributed by atoms with Gasteiger partial charge in [-0.1, -0.05) is 39.0 Å². The van der Waals surface area contributed by atoms with Crippen molar-refractivity contribution >= 4 is 17.3 Å². The Kier molecular flexibility index (Phi) is 4.95. The summed E-state index contributed by atoms with van der Waals surface area (Å²) in [7, 11) is 2.17. The summed E-state index contributed by atoms with van der Waals surface area (Å²) in [6, 6.07) is 10.5. The standard InChI is InChI=1S/C20H29N5/c1-15-21-18(14-19(22-15)25-12-10-24(5)11-13-25)23-17-9-7-6-8-16(17)20(2,3)4/h6-9,14H,10-13H2,1-5H3,(H,21,22,23). The quantitative estimate of drug-likeness (QED) is 0.926. The first-order valence-corrected chi connectivity index (χ1v) is 8.98. The van der Waals surface area contributed by atoms with Crippen LogP contribution >= 0.6 is 0 Å². The summed E-state index contributed by atoms with van der Waals surface area (Å²) in [5.74, 6) is 2.67. The van der Waals surface area contributed by atoms with Crippen LogP contribution in [0.2, 0.25) is 0 Å². The summed E-state index contributed by atoms with van der Waals surface area (Å²) >= 11 is 0. The molecule has 1 aromatic carbocycles. The van der Waals surface area contributed by atoms with Gasteiger partial charge in [-0.3, -0.25) is 0 Å². The first-order chi connectivity index (χ1) is 11.8. The molecule has 2 heterocycles. The SMILES string of the molecule is Cc1nc(Nc2ccccc2C(C)(C)C)cc(N2CCN(C)CC2)n1. The van der Waals surface area contributed by atoms with E-state index in [2.05, 4.69) is 83.2 Å². The third-order valence-corrected chi connectivity index (χ3v) is 4.65. The number of nitrogens with zero attached hydrogens (tertiary/aromatic N) is 4. The van der Waals surface area contributed by atoms with Gasteiger partial charge in [0.25, 0.3) is 0 Å². The maximum atomic E-state index is 4.65. The van der Waals surface area contributed by atoms with E-state index in [9.17, 15) is 0 Å². The van der Waals surface area contributed by atoms with Gasteiger partial charge in [-0.2, -0.15) is 0 Å². The molecule has 0 radical (unpaired) electrons. The van der Waals surface area contributed by atoms with Gasteiger partial charge in [0.05, 0.1) is 0 Å². The van der Waals surface area contributed by atoms with E-state index < -0.39 is 0 Å². The molecule has 0 atom stereocenters. The predicted molar refractivity (Wildman–Crippen MR) is 105 cm³/mol. The Labute approximate surface area is 151 Å². The van der Waals surface area contributed by atoms with Crippen molar-refractivity contribution in [3.63, 3.8) is 0 Å². The number of rotatable bonds is 3. The highest BCUT2D eigenvalue weighted by molar-refractivity contribution is 5.64. The summed E-state index contributed by atoms with van der Waals surface area (Å²) in [5.41, 5.74) is 2.47. The number of aryl methyl sites for hydroxylation is 1. The normalized spacial score (nSPS) is 16.1. The molecular weight excluding hydrogens is 310 g/mol. The fourth-order valence-electron chi connectivity index (χ4n) is 3.20. The van der Waals surface area contributed by atoms with Crippen LogP contribution in [-0.4, -0.2) is 48.1 Å². The smallest absolute Gasteiger partial charge is 0.136 e. The van der Waals surface area contributed by atoms with Crippen molar-refractivity contribution in [1.29, 1.82) is 0 Å². The molecule has 5 heteroatoms. The molecule has 134 valence electrons. The number of piperazine rings is 1. The van der Waals surface area contributed by atoms with Gasteiger partial charge < -0.3 is 15.1 Å². The number of benzene rings is 1. The number of para-hydroxylation sites is 1. The molecular formula is C20H29N5. The summed E-state index contributed by atoms with van der Waals surface area (Å²) in [6.07, 6.45) is 0. The van der Waals surface area contributed by atoms with Gasteiger partial charge in [0, 0.05) is 37.9 Å². The maximum Gasteiger partial charge on any atom is 0.136 e. The highest BCUT2D eigenvalue weighted by Gasteiger charge is 2.19. The third kappa shape index (κ3) is 4.28. The monoisotopic (exact) mass is 339 g/mol. The minimum Gasteiger partial charge on any atom is -0.354 e. The average Bonchev–Trinajstić information content (AvgIpc) is 2.54. The van der Waals surface area contributed by atoms with E-state index in [1.807, 2.05) is 6.92 Å². The lowest BCUT2D eigenvalue weighted by molar-refractivity contribution is 0.312. The van der Waals surface area contributed by atoms with Crippen LogP contribution in [0.1, 0.15) is 32.2 Å². The molecule has 1 aliphatic rings. The lowest BCUT2D eigenvalue weighted by Gasteiger charge is -2.33. The van der Waals surface area contributed by atoms with E-state index in [1.54, 1.807) is 0 Å². The molecule has 5 nitrogen and oxygen atoms in total. The number of hydrogen-bond acceptors (Lipinski definition) is 5. The van der Waals surface area contributed by atoms with Crippen molar-refractivity contribution in [2.45, 2.75) is 33.1 Å². The molecule has 1 N–H and O–H groups in total. The second kappa shape index (κ2) is 7.00. The zero-order valence-electron chi connectivity index (χ0n) is 16.0. The Balaban J connectivity index is 1.87. The van der Waals surface area contributed by atoms with Gasteiger partial charge >= 0.3 is 0 Å². The number of nitrogens with one attached hydrogen (secondary N) is 1. The second-order valence-corrected chi connectivity index (χ2v) is 7.87. The van der Waals surface area contributed by atoms with E-state index in [0.717, 1.165) is 49.3 Å². The zero-order valence-corrected chi connectivity index (χ0v) is 16.0. The molecule has 0 saturated carbocycles. The van der Waals surface area contributed by atoms with Crippen molar-refractivity contribution in [3.8, 4) is 0 Å². The van der Waals surface area contributed by atoms with Gasteiger partial charge in [0.1, 0.15) is 17.5 Å². The first-order valence-electron chi connectivity index (χ1n) is 8.98. The summed E-state index contributed by atoms with van der Waals surface area (Å²) in [4.78, 5) is 13.9. The van der Waals surface area contributed by atoms with Crippen LogP contribution in [-0.2, 0) is 5.41 Å². The lowest BCUT2D eigenvalue weighted by atomic mass is 9.86. The van der Waals surface area contributed by atoms with Crippen molar-refractivity contribution in [1.82, 2.24) is 14.9 Å². The van der Waals surface area contributed by atoms with E-state index >= 15 is 0 Å². The average molecular weight is 339 g/mol. The number of aromatic nitrogens is 2. The van der Waals surface area contributed by atoms with Crippen LogP contribution in [0, 0.1) is 6.92 Å². The number of likely N-dealkylation sites (N-methyl/N-ethyl adjacent to an activating group) is 1. The molecule has 1 fully saturated rings. The van der Waals surface area contributed by atoms with Gasteiger partial charge in [-0.25, -0.2) is 9.97 Å². The van der Waals surface area contributed by atoms with Gasteiger partial charge in [-0.15, -0.1) is 0 Å². The van der Waals surface area contributed by atoms with Gasteiger partial charge in [0.15, 0.2) is 0 Å². The Morgan fingerprint density at radius 3 is 2.36 bits per heavy atom. The first kappa shape index (κ1) is 17.7. The van der Waals surface area contributed by atoms with Crippen molar-refractivity contribution in [3.05, 3.63) is 41.7 Å². The van der Waals surface area contributed by atoms with Gasteiger partial charge in [-0.05, 0) is 31.0 Å². The summed E-state index contributed by atoms with van der Waals surface area (Å²) in [5, 5.41) is 3.52. The molecule has 0 aliphatic carbocycles. The zero-order chi connectivity index (χ0) is 18.0. The Bertz CT molecular complexity index is 727. The van der Waals surface area contributed by atoms with Crippen molar-refractivity contribution in [2.24, 2.45) is 0 Å². The molecule has 1 saturated heterocycles. The molecule has 25 heavy (non-hydrogen) atoms. The highest BCUT2D eigenvalue weighted by atomic mass is 15.3. The molecule has 0 amide bonds. The Hall–Kier alpha value is -2.14. The molecule has 0 spiro atoms. The minimum atomic E-state index is 0.0754. The van der Waals surface area contributed by atoms with E-state index in [1.165, 1.54) is 5.56 Å². The van der Waals surface area contributed by atoms with E-state index in [0.29, 0.717) is 0 Å². The topological polar surface area (TPSA) is 44.3 Å². The van der Waals surface area contributed by atoms with Crippen LogP contribution in [0.4, 0.5) is 17.3 Å². The van der Waals surface area contributed by atoms with E-state index in [4.69, 9.17) is 0 Å². The number of hydrogen-bond donors (Lipinski definition) is 1. The molecule has 2 aromatic rings. The van der Waals surface area contributed by atoms with Crippen LogP contribution in [0.5, 0.6) is 0 Å². The van der Waals surface area contributed by atoms with Crippen molar-refractivity contribution in [2.75, 3.05) is 43.4 Å². The van der Waals surface area contributed by atoms with Gasteiger partial charge in [0.2, 0.25) is 0 Å². The molecule has 0 bridgehead atoms. The third-order valence-electron chi connectivity index (χ3n) is 4.65. The highest BCUT2D eigenvalue weighted by Crippen LogP contribution is 2.31. The van der Waals surface area contributed by atoms with Crippen LogP contribution < -0.4 is 10.2 Å². The minimum absolute atomic E-state index is 0.0754. The predicted octanol–water partition coefficient (Wildman–Crippen LogP) is 3.58. The molecule has 1 aromatic heterocycles. The Morgan fingerprint density at radius 1 is 1.00 bits per heavy atom. The fourth-order valence-corrected chi connectivity index (χ4v) is 3.20. The summed E-state index contributed by atoms with van der Waals surface area (Å²) in [6.45, 7) is 12.8. The van der Waals surface area contributed by atoms with E-state index in [-0.39, 0.29) is 5.41 Å². The van der Waals surface area contributed by atoms with Crippen LogP contribution in [0.15, 0.2) is 30.3 Å².